The van der Waals surface area contributed by atoms with Crippen LogP contribution in [0.5, 0.6) is 0 Å². The predicted octanol–water partition coefficient (Wildman–Crippen LogP) is 5.43. The molecular weight excluding hydrogens is 386 g/mol. The van der Waals surface area contributed by atoms with Crippen LogP contribution in [0.15, 0.2) is 71.7 Å². The molecule has 0 radical (unpaired) electrons. The normalized spacial score (nSPS) is 16.8. The number of rotatable bonds is 6. The highest BCUT2D eigenvalue weighted by Gasteiger charge is 2.34. The summed E-state index contributed by atoms with van der Waals surface area (Å²) in [4.78, 5) is 7.23. The van der Waals surface area contributed by atoms with E-state index in [9.17, 15) is 0 Å². The molecule has 0 amide bonds. The van der Waals surface area contributed by atoms with Gasteiger partial charge >= 0.3 is 0 Å². The Morgan fingerprint density at radius 3 is 2.42 bits per heavy atom. The lowest BCUT2D eigenvalue weighted by molar-refractivity contribution is 0.133. The van der Waals surface area contributed by atoms with Crippen molar-refractivity contribution in [3.63, 3.8) is 0 Å². The van der Waals surface area contributed by atoms with Gasteiger partial charge in [0.15, 0.2) is 0 Å². The number of hydrogen-bond donors (Lipinski definition) is 0. The van der Waals surface area contributed by atoms with Gasteiger partial charge in [-0.1, -0.05) is 62.4 Å². The Morgan fingerprint density at radius 2 is 1.71 bits per heavy atom. The SMILES string of the molecule is COC1=C(c2cn(C)c3ccccc23)N=C(OCc2ccccc2)C(CC(C)C)N1C. The molecule has 1 unspecified atom stereocenters. The van der Waals surface area contributed by atoms with Gasteiger partial charge in [0.25, 0.3) is 0 Å². The Bertz CT molecular complexity index is 1110. The van der Waals surface area contributed by atoms with Crippen molar-refractivity contribution in [3.8, 4) is 0 Å². The predicted molar refractivity (Wildman–Crippen MR) is 127 cm³/mol. The fraction of sp³-hybridized carbons (Fsp3) is 0.346. The first-order valence-corrected chi connectivity index (χ1v) is 10.8. The number of nitrogens with zero attached hydrogens (tertiary/aromatic N) is 3. The number of aromatic nitrogens is 1. The highest BCUT2D eigenvalue weighted by atomic mass is 16.5. The van der Waals surface area contributed by atoms with Crippen molar-refractivity contribution >= 4 is 22.5 Å². The molecule has 0 aliphatic carbocycles. The summed E-state index contributed by atoms with van der Waals surface area (Å²) in [6.45, 7) is 4.94. The van der Waals surface area contributed by atoms with Crippen LogP contribution in [-0.4, -0.2) is 35.6 Å². The van der Waals surface area contributed by atoms with Crippen molar-refractivity contribution in [1.29, 1.82) is 0 Å². The van der Waals surface area contributed by atoms with Gasteiger partial charge in [0, 0.05) is 36.8 Å². The van der Waals surface area contributed by atoms with Crippen molar-refractivity contribution in [2.75, 3.05) is 14.2 Å². The van der Waals surface area contributed by atoms with Crippen LogP contribution in [0.4, 0.5) is 0 Å². The van der Waals surface area contributed by atoms with E-state index in [1.54, 1.807) is 7.11 Å². The van der Waals surface area contributed by atoms with Crippen LogP contribution in [-0.2, 0) is 23.1 Å². The Balaban J connectivity index is 1.79. The van der Waals surface area contributed by atoms with Gasteiger partial charge in [-0.25, -0.2) is 4.99 Å². The minimum absolute atomic E-state index is 0.0254. The van der Waals surface area contributed by atoms with Gasteiger partial charge in [-0.3, -0.25) is 0 Å². The molecule has 1 atom stereocenters. The summed E-state index contributed by atoms with van der Waals surface area (Å²) >= 11 is 0. The molecule has 1 aliphatic rings. The molecule has 31 heavy (non-hydrogen) atoms. The van der Waals surface area contributed by atoms with Gasteiger partial charge in [-0.05, 0) is 24.0 Å². The Labute approximate surface area is 184 Å². The number of ether oxygens (including phenoxy) is 2. The zero-order valence-electron chi connectivity index (χ0n) is 19.0. The molecule has 1 aliphatic heterocycles. The zero-order chi connectivity index (χ0) is 22.0. The summed E-state index contributed by atoms with van der Waals surface area (Å²) in [5.74, 6) is 2.01. The molecule has 0 saturated carbocycles. The van der Waals surface area contributed by atoms with Crippen LogP contribution in [0.1, 0.15) is 31.4 Å². The smallest absolute Gasteiger partial charge is 0.217 e. The van der Waals surface area contributed by atoms with E-state index in [2.05, 4.69) is 80.0 Å². The van der Waals surface area contributed by atoms with Crippen molar-refractivity contribution in [3.05, 3.63) is 77.8 Å². The van der Waals surface area contributed by atoms with Gasteiger partial charge in [0.2, 0.25) is 11.8 Å². The molecule has 5 nitrogen and oxygen atoms in total. The lowest BCUT2D eigenvalue weighted by atomic mass is 10.0. The van der Waals surface area contributed by atoms with Crippen LogP contribution in [0, 0.1) is 5.92 Å². The number of para-hydroxylation sites is 1. The monoisotopic (exact) mass is 417 g/mol. The molecule has 0 saturated heterocycles. The highest BCUT2D eigenvalue weighted by Crippen LogP contribution is 2.35. The van der Waals surface area contributed by atoms with Crippen LogP contribution in [0.25, 0.3) is 16.6 Å². The minimum Gasteiger partial charge on any atom is -0.481 e. The molecular formula is C26H31N3O2. The maximum atomic E-state index is 6.33. The lowest BCUT2D eigenvalue weighted by Crippen LogP contribution is -2.43. The number of methoxy groups -OCH3 is 1. The molecule has 2 heterocycles. The van der Waals surface area contributed by atoms with Crippen molar-refractivity contribution in [1.82, 2.24) is 9.47 Å². The second kappa shape index (κ2) is 8.88. The summed E-state index contributed by atoms with van der Waals surface area (Å²) < 4.78 is 14.3. The van der Waals surface area contributed by atoms with E-state index in [4.69, 9.17) is 14.5 Å². The third kappa shape index (κ3) is 4.18. The van der Waals surface area contributed by atoms with Crippen LogP contribution in [0.2, 0.25) is 0 Å². The zero-order valence-corrected chi connectivity index (χ0v) is 19.0. The molecule has 0 N–H and O–H groups in total. The fourth-order valence-electron chi connectivity index (χ4n) is 4.22. The number of fused-ring (bicyclic) bond motifs is 1. The number of likely N-dealkylation sites (N-methyl/N-ethyl adjacent to an activating group) is 1. The molecule has 0 bridgehead atoms. The van der Waals surface area contributed by atoms with E-state index < -0.39 is 0 Å². The fourth-order valence-corrected chi connectivity index (χ4v) is 4.22. The van der Waals surface area contributed by atoms with Crippen LogP contribution in [0.3, 0.4) is 0 Å². The summed E-state index contributed by atoms with van der Waals surface area (Å²) in [6, 6.07) is 18.6. The first-order chi connectivity index (χ1) is 15.0. The topological polar surface area (TPSA) is 39.0 Å². The van der Waals surface area contributed by atoms with E-state index in [0.717, 1.165) is 45.9 Å². The van der Waals surface area contributed by atoms with Gasteiger partial charge in [-0.15, -0.1) is 0 Å². The maximum absolute atomic E-state index is 6.33. The van der Waals surface area contributed by atoms with Crippen LogP contribution < -0.4 is 0 Å². The third-order valence-corrected chi connectivity index (χ3v) is 5.77. The number of hydrogen-bond acceptors (Lipinski definition) is 4. The third-order valence-electron chi connectivity index (χ3n) is 5.77. The molecule has 4 rings (SSSR count). The molecule has 3 aromatic rings. The lowest BCUT2D eigenvalue weighted by Gasteiger charge is -2.36. The number of benzene rings is 2. The summed E-state index contributed by atoms with van der Waals surface area (Å²) in [5, 5.41) is 1.15. The highest BCUT2D eigenvalue weighted by molar-refractivity contribution is 5.98. The first-order valence-electron chi connectivity index (χ1n) is 10.8. The average molecular weight is 418 g/mol. The average Bonchev–Trinajstić information content (AvgIpc) is 3.11. The Hall–Kier alpha value is -3.21. The summed E-state index contributed by atoms with van der Waals surface area (Å²) in [5.41, 5.74) is 4.15. The second-order valence-corrected chi connectivity index (χ2v) is 8.51. The van der Waals surface area contributed by atoms with Crippen molar-refractivity contribution in [2.45, 2.75) is 32.9 Å². The minimum atomic E-state index is 0.0254. The van der Waals surface area contributed by atoms with E-state index in [0.29, 0.717) is 12.5 Å². The van der Waals surface area contributed by atoms with E-state index in [1.165, 1.54) is 0 Å². The van der Waals surface area contributed by atoms with E-state index >= 15 is 0 Å². The summed E-state index contributed by atoms with van der Waals surface area (Å²) in [7, 11) is 5.84. The molecule has 162 valence electrons. The second-order valence-electron chi connectivity index (χ2n) is 8.51. The van der Waals surface area contributed by atoms with Crippen molar-refractivity contribution in [2.24, 2.45) is 18.0 Å². The first kappa shape index (κ1) is 21.0. The van der Waals surface area contributed by atoms with Crippen LogP contribution >= 0.6 is 0 Å². The van der Waals surface area contributed by atoms with E-state index in [-0.39, 0.29) is 6.04 Å². The Morgan fingerprint density at radius 1 is 1.00 bits per heavy atom. The van der Waals surface area contributed by atoms with Gasteiger partial charge < -0.3 is 18.9 Å². The van der Waals surface area contributed by atoms with Crippen molar-refractivity contribution < 1.29 is 9.47 Å². The molecule has 2 aromatic carbocycles. The quantitative estimate of drug-likeness (QED) is 0.537. The molecule has 0 spiro atoms. The molecule has 0 fully saturated rings. The standard InChI is InChI=1S/C26H31N3O2/c1-18(2)15-23-25(31-17-19-11-7-6-8-12-19)27-24(26(30-5)29(23)4)21-16-28(3)22-14-10-9-13-20(21)22/h6-14,16,18,23H,15,17H2,1-5H3. The van der Waals surface area contributed by atoms with E-state index in [1.807, 2.05) is 18.2 Å². The number of aliphatic imine (C=N–C) groups is 1. The maximum Gasteiger partial charge on any atom is 0.217 e. The molecule has 5 heteroatoms. The largest absolute Gasteiger partial charge is 0.481 e. The summed E-state index contributed by atoms with van der Waals surface area (Å²) in [6.07, 6.45) is 3.05. The van der Waals surface area contributed by atoms with Gasteiger partial charge in [0.05, 0.1) is 7.11 Å². The number of aryl methyl sites for hydroxylation is 1. The van der Waals surface area contributed by atoms with Gasteiger partial charge in [0.1, 0.15) is 18.3 Å². The Kier molecular flexibility index (Phi) is 6.03. The van der Waals surface area contributed by atoms with Gasteiger partial charge in [-0.2, -0.15) is 0 Å². The molecule has 1 aromatic heterocycles.